The van der Waals surface area contributed by atoms with E-state index in [1.165, 1.54) is 25.3 Å². The molecule has 0 aliphatic rings. The van der Waals surface area contributed by atoms with E-state index in [4.69, 9.17) is 13.4 Å². The van der Waals surface area contributed by atoms with Gasteiger partial charge < -0.3 is 13.4 Å². The Balaban J connectivity index is 1.64. The zero-order chi connectivity index (χ0) is 18.9. The zero-order valence-electron chi connectivity index (χ0n) is 14.3. The fourth-order valence-electron chi connectivity index (χ4n) is 2.69. The second-order valence-electron chi connectivity index (χ2n) is 5.77. The Labute approximate surface area is 156 Å². The van der Waals surface area contributed by atoms with Gasteiger partial charge in [-0.2, -0.15) is 8.42 Å². The summed E-state index contributed by atoms with van der Waals surface area (Å²) in [5.74, 6) is 0.708. The Hall–Kier alpha value is -3.32. The maximum atomic E-state index is 12.5. The first-order chi connectivity index (χ1) is 13.1. The summed E-state index contributed by atoms with van der Waals surface area (Å²) in [6.07, 6.45) is 0. The molecule has 3 aromatic carbocycles. The number of hydrogen-bond acceptors (Lipinski definition) is 6. The van der Waals surface area contributed by atoms with Crippen molar-refractivity contribution in [2.24, 2.45) is 0 Å². The SMILES string of the molecule is COc1ccc(S(=O)(=O)Oc2ccc3c(-c4ccccc4)noc3c2)cc1. The van der Waals surface area contributed by atoms with Gasteiger partial charge in [-0.25, -0.2) is 0 Å². The molecule has 4 rings (SSSR count). The maximum Gasteiger partial charge on any atom is 0.339 e. The Morgan fingerprint density at radius 3 is 2.30 bits per heavy atom. The van der Waals surface area contributed by atoms with Crippen LogP contribution in [0, 0.1) is 0 Å². The topological polar surface area (TPSA) is 78.6 Å². The second kappa shape index (κ2) is 6.77. The van der Waals surface area contributed by atoms with Crippen LogP contribution in [0.5, 0.6) is 11.5 Å². The molecule has 0 saturated carbocycles. The molecule has 0 radical (unpaired) electrons. The van der Waals surface area contributed by atoms with Crippen LogP contribution in [0.15, 0.2) is 82.2 Å². The first kappa shape index (κ1) is 17.1. The van der Waals surface area contributed by atoms with Crippen molar-refractivity contribution >= 4 is 21.1 Å². The molecule has 0 aliphatic heterocycles. The third-order valence-corrected chi connectivity index (χ3v) is 5.31. The first-order valence-corrected chi connectivity index (χ1v) is 9.51. The highest BCUT2D eigenvalue weighted by molar-refractivity contribution is 7.87. The zero-order valence-corrected chi connectivity index (χ0v) is 15.1. The standard InChI is InChI=1S/C20H15NO5S/c1-24-15-7-10-17(11-8-15)27(22,23)26-16-9-12-18-19(13-16)25-21-20(18)14-5-3-2-4-6-14/h2-13H,1H3. The molecule has 0 amide bonds. The van der Waals surface area contributed by atoms with Gasteiger partial charge in [0.25, 0.3) is 0 Å². The van der Waals surface area contributed by atoms with E-state index in [1.807, 2.05) is 30.3 Å². The highest BCUT2D eigenvalue weighted by Crippen LogP contribution is 2.31. The molecular formula is C20H15NO5S. The molecule has 136 valence electrons. The lowest BCUT2D eigenvalue weighted by Gasteiger charge is -2.07. The lowest BCUT2D eigenvalue weighted by atomic mass is 10.1. The van der Waals surface area contributed by atoms with E-state index in [9.17, 15) is 8.42 Å². The number of fused-ring (bicyclic) bond motifs is 1. The minimum absolute atomic E-state index is 0.0333. The maximum absolute atomic E-state index is 12.5. The quantitative estimate of drug-likeness (QED) is 0.480. The van der Waals surface area contributed by atoms with Gasteiger partial charge in [-0.3, -0.25) is 0 Å². The van der Waals surface area contributed by atoms with E-state index >= 15 is 0 Å². The van der Waals surface area contributed by atoms with Crippen LogP contribution in [-0.2, 0) is 10.1 Å². The summed E-state index contributed by atoms with van der Waals surface area (Å²) in [7, 11) is -2.46. The molecule has 0 aliphatic carbocycles. The molecule has 0 N–H and O–H groups in total. The lowest BCUT2D eigenvalue weighted by Crippen LogP contribution is -2.09. The van der Waals surface area contributed by atoms with Crippen LogP contribution in [0.4, 0.5) is 0 Å². The largest absolute Gasteiger partial charge is 0.497 e. The van der Waals surface area contributed by atoms with Crippen LogP contribution in [0.3, 0.4) is 0 Å². The first-order valence-electron chi connectivity index (χ1n) is 8.10. The van der Waals surface area contributed by atoms with Crippen molar-refractivity contribution in [2.45, 2.75) is 4.90 Å². The van der Waals surface area contributed by atoms with Crippen molar-refractivity contribution in [1.82, 2.24) is 5.16 Å². The van der Waals surface area contributed by atoms with E-state index in [0.29, 0.717) is 17.0 Å². The Morgan fingerprint density at radius 1 is 0.889 bits per heavy atom. The number of hydrogen-bond donors (Lipinski definition) is 0. The van der Waals surface area contributed by atoms with Crippen molar-refractivity contribution in [3.63, 3.8) is 0 Å². The van der Waals surface area contributed by atoms with Gasteiger partial charge in [0.1, 0.15) is 22.1 Å². The molecule has 0 bridgehead atoms. The summed E-state index contributed by atoms with van der Waals surface area (Å²) in [6.45, 7) is 0. The van der Waals surface area contributed by atoms with Gasteiger partial charge in [-0.05, 0) is 36.4 Å². The Kier molecular flexibility index (Phi) is 4.29. The third-order valence-electron chi connectivity index (χ3n) is 4.04. The molecule has 0 spiro atoms. The molecule has 27 heavy (non-hydrogen) atoms. The average Bonchev–Trinajstić information content (AvgIpc) is 3.11. The van der Waals surface area contributed by atoms with E-state index in [1.54, 1.807) is 24.3 Å². The van der Waals surface area contributed by atoms with Gasteiger partial charge in [0.15, 0.2) is 5.58 Å². The predicted molar refractivity (Wildman–Crippen MR) is 100 cm³/mol. The second-order valence-corrected chi connectivity index (χ2v) is 7.31. The summed E-state index contributed by atoms with van der Waals surface area (Å²) in [6, 6.07) is 20.4. The van der Waals surface area contributed by atoms with Gasteiger partial charge in [0, 0.05) is 17.0 Å². The molecule has 7 heteroatoms. The molecule has 0 unspecified atom stereocenters. The van der Waals surface area contributed by atoms with Crippen molar-refractivity contribution in [2.75, 3.05) is 7.11 Å². The molecule has 0 atom stereocenters. The van der Waals surface area contributed by atoms with E-state index in [2.05, 4.69) is 5.16 Å². The predicted octanol–water partition coefficient (Wildman–Crippen LogP) is 4.27. The monoisotopic (exact) mass is 381 g/mol. The molecule has 1 heterocycles. The summed E-state index contributed by atoms with van der Waals surface area (Å²) in [5.41, 5.74) is 2.04. The van der Waals surface area contributed by atoms with Gasteiger partial charge in [-0.1, -0.05) is 35.5 Å². The summed E-state index contributed by atoms with van der Waals surface area (Å²) < 4.78 is 40.5. The molecule has 4 aromatic rings. The van der Waals surface area contributed by atoms with Crippen LogP contribution in [0.1, 0.15) is 0 Å². The minimum Gasteiger partial charge on any atom is -0.497 e. The summed E-state index contributed by atoms with van der Waals surface area (Å²) in [5, 5.41) is 4.86. The fourth-order valence-corrected chi connectivity index (χ4v) is 3.61. The van der Waals surface area contributed by atoms with Gasteiger partial charge in [0.2, 0.25) is 0 Å². The van der Waals surface area contributed by atoms with Gasteiger partial charge >= 0.3 is 10.1 Å². The van der Waals surface area contributed by atoms with Crippen molar-refractivity contribution in [3.8, 4) is 22.8 Å². The molecule has 0 saturated heterocycles. The number of nitrogens with zero attached hydrogens (tertiary/aromatic N) is 1. The summed E-state index contributed by atoms with van der Waals surface area (Å²) in [4.78, 5) is 0.0333. The van der Waals surface area contributed by atoms with Crippen LogP contribution in [0.2, 0.25) is 0 Å². The molecule has 1 aromatic heterocycles. The molecule has 0 fully saturated rings. The van der Waals surface area contributed by atoms with E-state index in [0.717, 1.165) is 10.9 Å². The van der Waals surface area contributed by atoms with Crippen LogP contribution >= 0.6 is 0 Å². The van der Waals surface area contributed by atoms with Crippen LogP contribution in [-0.4, -0.2) is 20.7 Å². The van der Waals surface area contributed by atoms with E-state index < -0.39 is 10.1 Å². The van der Waals surface area contributed by atoms with Crippen molar-refractivity contribution in [1.29, 1.82) is 0 Å². The van der Waals surface area contributed by atoms with Crippen LogP contribution in [0.25, 0.3) is 22.2 Å². The van der Waals surface area contributed by atoms with Gasteiger partial charge in [0.05, 0.1) is 7.11 Å². The van der Waals surface area contributed by atoms with Crippen molar-refractivity contribution in [3.05, 3.63) is 72.8 Å². The van der Waals surface area contributed by atoms with Crippen LogP contribution < -0.4 is 8.92 Å². The Bertz CT molecular complexity index is 1180. The van der Waals surface area contributed by atoms with Crippen molar-refractivity contribution < 1.29 is 21.9 Å². The number of ether oxygens (including phenoxy) is 1. The minimum atomic E-state index is -3.97. The highest BCUT2D eigenvalue weighted by Gasteiger charge is 2.18. The average molecular weight is 381 g/mol. The van der Waals surface area contributed by atoms with E-state index in [-0.39, 0.29) is 10.6 Å². The lowest BCUT2D eigenvalue weighted by molar-refractivity contribution is 0.414. The Morgan fingerprint density at radius 2 is 1.59 bits per heavy atom. The third kappa shape index (κ3) is 3.37. The summed E-state index contributed by atoms with van der Waals surface area (Å²) >= 11 is 0. The van der Waals surface area contributed by atoms with Gasteiger partial charge in [-0.15, -0.1) is 0 Å². The molecule has 6 nitrogen and oxygen atoms in total. The smallest absolute Gasteiger partial charge is 0.339 e. The number of aromatic nitrogens is 1. The number of benzene rings is 3. The number of methoxy groups -OCH3 is 1. The normalized spacial score (nSPS) is 11.4. The fraction of sp³-hybridized carbons (Fsp3) is 0.0500. The number of rotatable bonds is 5. The highest BCUT2D eigenvalue weighted by atomic mass is 32.2. The molecular weight excluding hydrogens is 366 g/mol.